The number of carbonyl (C=O) groups is 3. The van der Waals surface area contributed by atoms with Gasteiger partial charge in [-0.05, 0) is 71.3 Å². The van der Waals surface area contributed by atoms with Crippen LogP contribution >= 0.6 is 27.5 Å². The molecule has 0 aliphatic carbocycles. The number of carbonyl (C=O) groups excluding carboxylic acids is 3. The first-order chi connectivity index (χ1) is 29.2. The quantitative estimate of drug-likeness (QED) is 0.149. The van der Waals surface area contributed by atoms with Gasteiger partial charge in [0.2, 0.25) is 15.9 Å². The van der Waals surface area contributed by atoms with Gasteiger partial charge in [0.05, 0.1) is 30.5 Å². The van der Waals surface area contributed by atoms with E-state index in [1.54, 1.807) is 69.0 Å². The third kappa shape index (κ3) is 16.4. The largest absolute Gasteiger partial charge is 0.444 e. The van der Waals surface area contributed by atoms with Crippen molar-refractivity contribution in [2.45, 2.75) is 82.0 Å². The number of unbranched alkanes of at least 4 members (excludes halogenated alkanes) is 2. The second-order valence-corrected chi connectivity index (χ2v) is 21.6. The number of alkyl carbamates (subject to hydrolysis) is 1. The molecule has 2 aromatic rings. The molecule has 2 fully saturated rings. The van der Waals surface area contributed by atoms with Crippen LogP contribution in [0.3, 0.4) is 0 Å². The van der Waals surface area contributed by atoms with Crippen molar-refractivity contribution in [3.63, 3.8) is 0 Å². The van der Waals surface area contributed by atoms with E-state index < -0.39 is 49.2 Å². The molecule has 2 aliphatic rings. The van der Waals surface area contributed by atoms with Crippen LogP contribution in [-0.4, -0.2) is 151 Å². The standard InChI is InChI=1S/C42H60BrClFN5O10S2/c1-32(47-39(52)42(45)15-19-50(20-16-42)62(56,57)37-13-12-33(43)30-35(37)34-10-6-7-11-36(34)44)14-29-61(54,55)28-9-5-8-18-48-21-23-49(24-22-48)38(51)31-59-27-26-58-25-17-46-40(53)60-41(2,3)4/h6-7,10-14,29-30,32H,5,8-9,15-28,31H2,1-4H3,(H,46,53)(H,47,52)/b29-14-/t32-/m1/s1. The fraction of sp³-hybridized carbons (Fsp3) is 0.595. The van der Waals surface area contributed by atoms with Crippen molar-refractivity contribution >= 4 is 65.3 Å². The Morgan fingerprint density at radius 2 is 1.60 bits per heavy atom. The summed E-state index contributed by atoms with van der Waals surface area (Å²) >= 11 is 9.80. The van der Waals surface area contributed by atoms with E-state index in [2.05, 4.69) is 31.5 Å². The number of hydrogen-bond acceptors (Lipinski definition) is 11. The molecule has 2 N–H and O–H groups in total. The van der Waals surface area contributed by atoms with Crippen molar-refractivity contribution < 1.29 is 49.8 Å². The second kappa shape index (κ2) is 23.7. The number of piperidine rings is 1. The van der Waals surface area contributed by atoms with Gasteiger partial charge in [0.1, 0.15) is 12.2 Å². The maximum Gasteiger partial charge on any atom is 0.407 e. The lowest BCUT2D eigenvalue weighted by atomic mass is 9.93. The normalized spacial score (nSPS) is 17.2. The Labute approximate surface area is 379 Å². The number of rotatable bonds is 21. The lowest BCUT2D eigenvalue weighted by Crippen LogP contribution is -2.53. The van der Waals surface area contributed by atoms with E-state index in [0.29, 0.717) is 72.8 Å². The van der Waals surface area contributed by atoms with Gasteiger partial charge in [-0.2, -0.15) is 4.31 Å². The van der Waals surface area contributed by atoms with E-state index >= 15 is 4.39 Å². The Morgan fingerprint density at radius 1 is 0.919 bits per heavy atom. The third-order valence-corrected chi connectivity index (χ3v) is 14.4. The number of hydrogen-bond donors (Lipinski definition) is 2. The topological polar surface area (TPSA) is 181 Å². The molecule has 62 heavy (non-hydrogen) atoms. The molecule has 2 heterocycles. The summed E-state index contributed by atoms with van der Waals surface area (Å²) in [5.74, 6) is -1.09. The van der Waals surface area contributed by atoms with Crippen LogP contribution in [-0.2, 0) is 43.7 Å². The number of nitrogens with one attached hydrogen (secondary N) is 2. The van der Waals surface area contributed by atoms with Gasteiger partial charge in [-0.25, -0.2) is 26.0 Å². The van der Waals surface area contributed by atoms with E-state index in [1.807, 2.05) is 0 Å². The van der Waals surface area contributed by atoms with Gasteiger partial charge in [-0.15, -0.1) is 0 Å². The van der Waals surface area contributed by atoms with Gasteiger partial charge in [0.15, 0.2) is 15.5 Å². The van der Waals surface area contributed by atoms with Gasteiger partial charge in [-0.1, -0.05) is 58.2 Å². The molecule has 15 nitrogen and oxygen atoms in total. The van der Waals surface area contributed by atoms with Crippen molar-refractivity contribution in [3.8, 4) is 11.1 Å². The Kier molecular flexibility index (Phi) is 19.6. The number of nitrogens with zero attached hydrogens (tertiary/aromatic N) is 3. The van der Waals surface area contributed by atoms with Crippen LogP contribution in [0.1, 0.15) is 59.8 Å². The van der Waals surface area contributed by atoms with Crippen LogP contribution in [0.5, 0.6) is 0 Å². The van der Waals surface area contributed by atoms with Crippen LogP contribution in [0, 0.1) is 0 Å². The lowest BCUT2D eigenvalue weighted by Gasteiger charge is -2.35. The molecule has 2 aliphatic heterocycles. The molecule has 0 radical (unpaired) electrons. The number of ether oxygens (including phenoxy) is 3. The molecule has 0 bridgehead atoms. The fourth-order valence-electron chi connectivity index (χ4n) is 6.80. The van der Waals surface area contributed by atoms with E-state index in [9.17, 15) is 31.2 Å². The number of benzene rings is 2. The molecule has 0 spiro atoms. The summed E-state index contributed by atoms with van der Waals surface area (Å²) in [6.07, 6.45) is 1.99. The minimum Gasteiger partial charge on any atom is -0.444 e. The second-order valence-electron chi connectivity index (χ2n) is 16.3. The molecule has 2 aromatic carbocycles. The number of sulfonamides is 1. The molecule has 346 valence electrons. The number of sulfone groups is 1. The molecule has 3 amide bonds. The minimum atomic E-state index is -4.08. The molecular weight excluding hydrogens is 933 g/mol. The Hall–Kier alpha value is -3.17. The Morgan fingerprint density at radius 3 is 2.27 bits per heavy atom. The van der Waals surface area contributed by atoms with E-state index in [-0.39, 0.29) is 62.3 Å². The summed E-state index contributed by atoms with van der Waals surface area (Å²) in [5, 5.41) is 6.56. The molecule has 4 rings (SSSR count). The monoisotopic (exact) mass is 991 g/mol. The number of halogens is 3. The predicted molar refractivity (Wildman–Crippen MR) is 240 cm³/mol. The van der Waals surface area contributed by atoms with Crippen LogP contribution in [0.15, 0.2) is 63.3 Å². The van der Waals surface area contributed by atoms with E-state index in [1.165, 1.54) is 12.1 Å². The third-order valence-electron chi connectivity index (χ3n) is 10.2. The highest BCUT2D eigenvalue weighted by molar-refractivity contribution is 9.10. The van der Waals surface area contributed by atoms with Gasteiger partial charge in [0, 0.05) is 90.7 Å². The van der Waals surface area contributed by atoms with Gasteiger partial charge in [-0.3, -0.25) is 14.5 Å². The summed E-state index contributed by atoms with van der Waals surface area (Å²) in [6, 6.07) is 10.8. The van der Waals surface area contributed by atoms with Crippen molar-refractivity contribution in [1.82, 2.24) is 24.7 Å². The molecule has 0 saturated carbocycles. The Balaban J connectivity index is 1.08. The first-order valence-electron chi connectivity index (χ1n) is 20.8. The van der Waals surface area contributed by atoms with E-state index in [4.69, 9.17) is 25.8 Å². The summed E-state index contributed by atoms with van der Waals surface area (Å²) in [6.45, 7) is 10.9. The zero-order valence-electron chi connectivity index (χ0n) is 35.9. The molecular formula is C42H60BrClFN5O10S2. The first kappa shape index (κ1) is 51.5. The maximum atomic E-state index is 15.9. The SMILES string of the molecule is C[C@H](/C=C\S(=O)(=O)CCCCCN1CCN(C(=O)COCCOCCNC(=O)OC(C)(C)C)CC1)NC(=O)C1(F)CCN(S(=O)(=O)c2ccc(Br)cc2-c2ccccc2Cl)CC1. The van der Waals surface area contributed by atoms with Gasteiger partial charge >= 0.3 is 6.09 Å². The zero-order valence-corrected chi connectivity index (χ0v) is 39.9. The van der Waals surface area contributed by atoms with Crippen LogP contribution < -0.4 is 10.6 Å². The molecule has 0 aromatic heterocycles. The van der Waals surface area contributed by atoms with E-state index in [0.717, 1.165) is 22.7 Å². The highest BCUT2D eigenvalue weighted by atomic mass is 79.9. The number of piperazine rings is 1. The average Bonchev–Trinajstić information content (AvgIpc) is 3.20. The van der Waals surface area contributed by atoms with Crippen molar-refractivity contribution in [3.05, 3.63) is 63.4 Å². The van der Waals surface area contributed by atoms with Gasteiger partial charge < -0.3 is 29.7 Å². The summed E-state index contributed by atoms with van der Waals surface area (Å²) < 4.78 is 86.8. The van der Waals surface area contributed by atoms with Crippen LogP contribution in [0.2, 0.25) is 5.02 Å². The smallest absolute Gasteiger partial charge is 0.407 e. The van der Waals surface area contributed by atoms with Crippen molar-refractivity contribution in [1.29, 1.82) is 0 Å². The lowest BCUT2D eigenvalue weighted by molar-refractivity contribution is -0.138. The summed E-state index contributed by atoms with van der Waals surface area (Å²) in [7, 11) is -7.67. The summed E-state index contributed by atoms with van der Waals surface area (Å²) in [5.41, 5.74) is -1.99. The molecule has 1 atom stereocenters. The average molecular weight is 993 g/mol. The number of alkyl halides is 1. The molecule has 0 unspecified atom stereocenters. The van der Waals surface area contributed by atoms with Crippen molar-refractivity contribution in [2.24, 2.45) is 0 Å². The highest BCUT2D eigenvalue weighted by Gasteiger charge is 2.45. The highest BCUT2D eigenvalue weighted by Crippen LogP contribution is 2.38. The zero-order chi connectivity index (χ0) is 45.6. The van der Waals surface area contributed by atoms with Crippen LogP contribution in [0.25, 0.3) is 11.1 Å². The Bertz CT molecular complexity index is 2070. The first-order valence-corrected chi connectivity index (χ1v) is 25.1. The molecule has 2 saturated heterocycles. The minimum absolute atomic E-state index is 0.0144. The maximum absolute atomic E-state index is 15.9. The summed E-state index contributed by atoms with van der Waals surface area (Å²) in [4.78, 5) is 41.2. The number of amides is 3. The van der Waals surface area contributed by atoms with Gasteiger partial charge in [0.25, 0.3) is 5.91 Å². The predicted octanol–water partition coefficient (Wildman–Crippen LogP) is 5.57. The van der Waals surface area contributed by atoms with Crippen molar-refractivity contribution in [2.75, 3.05) is 84.5 Å². The fourth-order valence-corrected chi connectivity index (χ4v) is 10.2. The van der Waals surface area contributed by atoms with Crippen LogP contribution in [0.4, 0.5) is 9.18 Å². The molecule has 20 heteroatoms.